The molecule has 1 saturated carbocycles. The number of rotatable bonds is 3. The van der Waals surface area contributed by atoms with E-state index in [9.17, 15) is 14.3 Å². The molecule has 22 heavy (non-hydrogen) atoms. The highest BCUT2D eigenvalue weighted by Crippen LogP contribution is 2.45. The molecule has 4 nitrogen and oxygen atoms in total. The Bertz CT molecular complexity index is 908. The van der Waals surface area contributed by atoms with Gasteiger partial charge in [0.05, 0.1) is 10.6 Å². The molecule has 1 fully saturated rings. The second-order valence-corrected chi connectivity index (χ2v) is 6.61. The van der Waals surface area contributed by atoms with E-state index in [0.717, 1.165) is 28.8 Å². The minimum Gasteiger partial charge on any atom is -0.477 e. The number of carboxylic acids is 1. The van der Waals surface area contributed by atoms with Crippen LogP contribution in [0.3, 0.4) is 0 Å². The third-order valence-corrected chi connectivity index (χ3v) is 5.02. The summed E-state index contributed by atoms with van der Waals surface area (Å²) >= 11 is 1.43. The van der Waals surface area contributed by atoms with Crippen LogP contribution in [0.2, 0.25) is 0 Å². The number of thiazole rings is 1. The highest BCUT2D eigenvalue weighted by atomic mass is 32.1. The summed E-state index contributed by atoms with van der Waals surface area (Å²) < 4.78 is 15.1. The van der Waals surface area contributed by atoms with E-state index in [1.807, 2.05) is 0 Å². The van der Waals surface area contributed by atoms with Crippen molar-refractivity contribution in [2.75, 3.05) is 0 Å². The Balaban J connectivity index is 1.90. The molecular weight excluding hydrogens is 303 g/mol. The first-order valence-corrected chi connectivity index (χ1v) is 7.88. The van der Waals surface area contributed by atoms with Crippen LogP contribution in [-0.2, 0) is 0 Å². The van der Waals surface area contributed by atoms with Crippen molar-refractivity contribution in [1.82, 2.24) is 9.38 Å². The number of hydrogen-bond donors (Lipinski definition) is 1. The van der Waals surface area contributed by atoms with E-state index in [2.05, 4.69) is 4.98 Å². The molecule has 4 rings (SSSR count). The fourth-order valence-electron chi connectivity index (χ4n) is 2.83. The molecule has 1 aliphatic carbocycles. The summed E-state index contributed by atoms with van der Waals surface area (Å²) in [6, 6.07) is 4.83. The molecule has 1 aromatic carbocycles. The summed E-state index contributed by atoms with van der Waals surface area (Å²) in [5.74, 6) is -0.800. The van der Waals surface area contributed by atoms with Crippen LogP contribution in [0, 0.1) is 12.7 Å². The van der Waals surface area contributed by atoms with Crippen molar-refractivity contribution in [2.45, 2.75) is 25.7 Å². The summed E-state index contributed by atoms with van der Waals surface area (Å²) in [7, 11) is 0. The summed E-state index contributed by atoms with van der Waals surface area (Å²) in [6.07, 6.45) is 3.96. The molecule has 3 aromatic rings. The maximum atomic E-state index is 13.5. The molecule has 0 spiro atoms. The van der Waals surface area contributed by atoms with Gasteiger partial charge in [-0.2, -0.15) is 0 Å². The minimum absolute atomic E-state index is 0.188. The molecule has 6 heteroatoms. The number of aryl methyl sites for hydroxylation is 1. The van der Waals surface area contributed by atoms with Gasteiger partial charge in [0.1, 0.15) is 5.82 Å². The number of aromatic carboxylic acids is 1. The third-order valence-electron chi connectivity index (χ3n) is 4.00. The van der Waals surface area contributed by atoms with Crippen LogP contribution in [0.4, 0.5) is 4.39 Å². The van der Waals surface area contributed by atoms with E-state index in [1.54, 1.807) is 29.7 Å². The molecule has 2 aromatic heterocycles. The molecule has 0 atom stereocenters. The molecule has 1 aliphatic rings. The predicted molar refractivity (Wildman–Crippen MR) is 82.1 cm³/mol. The maximum absolute atomic E-state index is 13.5. The predicted octanol–water partition coefficient (Wildman–Crippen LogP) is 4.09. The standard InChI is InChI=1S/C16H13FN2O2S/c1-8-14(15(20)21)19-7-13(22-16(19)18-8)11-5-4-10(17)6-12(11)9-2-3-9/h4-7,9H,2-3H2,1H3,(H,20,21). The molecule has 1 N–H and O–H groups in total. The fraction of sp³-hybridized carbons (Fsp3) is 0.250. The molecule has 0 aliphatic heterocycles. The number of nitrogens with zero attached hydrogens (tertiary/aromatic N) is 2. The third kappa shape index (κ3) is 2.02. The quantitative estimate of drug-likeness (QED) is 0.792. The van der Waals surface area contributed by atoms with Crippen LogP contribution < -0.4 is 0 Å². The van der Waals surface area contributed by atoms with Crippen LogP contribution in [-0.4, -0.2) is 20.5 Å². The summed E-state index contributed by atoms with van der Waals surface area (Å²) in [4.78, 5) is 17.3. The monoisotopic (exact) mass is 316 g/mol. The van der Waals surface area contributed by atoms with Gasteiger partial charge in [-0.15, -0.1) is 0 Å². The van der Waals surface area contributed by atoms with E-state index in [0.29, 0.717) is 16.6 Å². The van der Waals surface area contributed by atoms with Crippen molar-refractivity contribution in [3.63, 3.8) is 0 Å². The van der Waals surface area contributed by atoms with E-state index >= 15 is 0 Å². The Labute approximate surface area is 129 Å². The second kappa shape index (κ2) is 4.64. The minimum atomic E-state index is -0.990. The lowest BCUT2D eigenvalue weighted by Gasteiger charge is -2.06. The number of carboxylic acid groups (broad SMARTS) is 1. The molecule has 0 unspecified atom stereocenters. The van der Waals surface area contributed by atoms with E-state index in [1.165, 1.54) is 17.4 Å². The van der Waals surface area contributed by atoms with Crippen molar-refractivity contribution in [3.8, 4) is 10.4 Å². The lowest BCUT2D eigenvalue weighted by molar-refractivity contribution is 0.0688. The van der Waals surface area contributed by atoms with Crippen LogP contribution in [0.5, 0.6) is 0 Å². The van der Waals surface area contributed by atoms with Crippen molar-refractivity contribution in [2.24, 2.45) is 0 Å². The van der Waals surface area contributed by atoms with Gasteiger partial charge in [-0.25, -0.2) is 14.2 Å². The van der Waals surface area contributed by atoms with Gasteiger partial charge in [0, 0.05) is 6.20 Å². The van der Waals surface area contributed by atoms with Gasteiger partial charge >= 0.3 is 5.97 Å². The lowest BCUT2D eigenvalue weighted by Crippen LogP contribution is -2.02. The van der Waals surface area contributed by atoms with Crippen molar-refractivity contribution < 1.29 is 14.3 Å². The van der Waals surface area contributed by atoms with Gasteiger partial charge in [-0.1, -0.05) is 17.4 Å². The average Bonchev–Trinajstić information content (AvgIpc) is 3.15. The topological polar surface area (TPSA) is 54.6 Å². The zero-order valence-corrected chi connectivity index (χ0v) is 12.7. The number of carbonyl (C=O) groups is 1. The first kappa shape index (κ1) is 13.5. The first-order chi connectivity index (χ1) is 10.5. The number of halogens is 1. The van der Waals surface area contributed by atoms with Gasteiger partial charge in [-0.05, 0) is 48.9 Å². The molecular formula is C16H13FN2O2S. The number of fused-ring (bicyclic) bond motifs is 1. The molecule has 0 bridgehead atoms. The van der Waals surface area contributed by atoms with E-state index in [4.69, 9.17) is 0 Å². The van der Waals surface area contributed by atoms with Gasteiger partial charge in [0.25, 0.3) is 0 Å². The van der Waals surface area contributed by atoms with Crippen molar-refractivity contribution in [3.05, 3.63) is 47.2 Å². The largest absolute Gasteiger partial charge is 0.477 e. The first-order valence-electron chi connectivity index (χ1n) is 7.06. The van der Waals surface area contributed by atoms with Crippen LogP contribution in [0.25, 0.3) is 15.4 Å². The molecule has 0 saturated heterocycles. The highest BCUT2D eigenvalue weighted by Gasteiger charge is 2.28. The number of aromatic nitrogens is 2. The Morgan fingerprint density at radius 3 is 2.91 bits per heavy atom. The number of imidazole rings is 1. The zero-order chi connectivity index (χ0) is 15.4. The molecule has 0 radical (unpaired) electrons. The van der Waals surface area contributed by atoms with Crippen molar-refractivity contribution >= 4 is 22.3 Å². The fourth-order valence-corrected chi connectivity index (χ4v) is 3.90. The van der Waals surface area contributed by atoms with Gasteiger partial charge < -0.3 is 5.11 Å². The second-order valence-electron chi connectivity index (χ2n) is 5.60. The molecule has 0 amide bonds. The lowest BCUT2D eigenvalue weighted by atomic mass is 10.0. The van der Waals surface area contributed by atoms with Crippen LogP contribution in [0.1, 0.15) is 40.5 Å². The summed E-state index contributed by atoms with van der Waals surface area (Å²) in [5, 5.41) is 9.32. The van der Waals surface area contributed by atoms with Gasteiger partial charge in [0.15, 0.2) is 10.7 Å². The Morgan fingerprint density at radius 1 is 1.45 bits per heavy atom. The Kier molecular flexibility index (Phi) is 2.84. The van der Waals surface area contributed by atoms with Crippen LogP contribution in [0.15, 0.2) is 24.4 Å². The molecule has 112 valence electrons. The SMILES string of the molecule is Cc1nc2sc(-c3ccc(F)cc3C3CC3)cn2c1C(=O)O. The van der Waals surface area contributed by atoms with E-state index < -0.39 is 5.97 Å². The summed E-state index contributed by atoms with van der Waals surface area (Å²) in [5.41, 5.74) is 2.69. The summed E-state index contributed by atoms with van der Waals surface area (Å²) in [6.45, 7) is 1.69. The molecule has 2 heterocycles. The smallest absolute Gasteiger partial charge is 0.354 e. The van der Waals surface area contributed by atoms with Crippen molar-refractivity contribution in [1.29, 1.82) is 0 Å². The van der Waals surface area contributed by atoms with E-state index in [-0.39, 0.29) is 11.5 Å². The maximum Gasteiger partial charge on any atom is 0.354 e. The normalized spacial score (nSPS) is 14.6. The van der Waals surface area contributed by atoms with Crippen LogP contribution >= 0.6 is 11.3 Å². The number of hydrogen-bond acceptors (Lipinski definition) is 3. The Morgan fingerprint density at radius 2 is 2.23 bits per heavy atom. The number of benzene rings is 1. The average molecular weight is 316 g/mol. The highest BCUT2D eigenvalue weighted by molar-refractivity contribution is 7.20. The zero-order valence-electron chi connectivity index (χ0n) is 11.8. The Hall–Kier alpha value is -2.21. The van der Waals surface area contributed by atoms with Gasteiger partial charge in [-0.3, -0.25) is 4.40 Å². The van der Waals surface area contributed by atoms with Gasteiger partial charge in [0.2, 0.25) is 0 Å².